The van der Waals surface area contributed by atoms with Crippen LogP contribution in [0.3, 0.4) is 0 Å². The maximum Gasteiger partial charge on any atom is 0.272 e. The molecule has 0 saturated carbocycles. The van der Waals surface area contributed by atoms with Crippen LogP contribution in [-0.2, 0) is 0 Å². The Hall–Kier alpha value is -1.37. The zero-order valence-corrected chi connectivity index (χ0v) is 15.3. The molecule has 1 amide bonds. The van der Waals surface area contributed by atoms with Crippen molar-refractivity contribution in [2.45, 2.75) is 6.92 Å². The normalized spacial score (nSPS) is 10.9. The summed E-state index contributed by atoms with van der Waals surface area (Å²) in [5.74, 6) is -0.323. The molecule has 0 heterocycles. The molecular weight excluding hydrogens is 435 g/mol. The van der Waals surface area contributed by atoms with Gasteiger partial charge in [0.25, 0.3) is 5.91 Å². The molecule has 0 fully saturated rings. The van der Waals surface area contributed by atoms with E-state index in [1.807, 2.05) is 6.92 Å². The van der Waals surface area contributed by atoms with Gasteiger partial charge < -0.3 is 5.11 Å². The molecule has 0 spiro atoms. The summed E-state index contributed by atoms with van der Waals surface area (Å²) in [4.78, 5) is 12.0. The summed E-state index contributed by atoms with van der Waals surface area (Å²) in [7, 11) is 0. The third-order valence-electron chi connectivity index (χ3n) is 2.81. The van der Waals surface area contributed by atoms with Gasteiger partial charge in [0, 0.05) is 10.0 Å². The van der Waals surface area contributed by atoms with E-state index in [0.29, 0.717) is 20.6 Å². The number of halogens is 3. The summed E-state index contributed by atoms with van der Waals surface area (Å²) in [5.41, 5.74) is 4.34. The minimum atomic E-state index is -0.404. The van der Waals surface area contributed by atoms with Crippen LogP contribution in [0.25, 0.3) is 0 Å². The van der Waals surface area contributed by atoms with Crippen LogP contribution in [0.5, 0.6) is 5.75 Å². The number of carbonyl (C=O) groups is 1. The lowest BCUT2D eigenvalue weighted by molar-refractivity contribution is 0.0955. The van der Waals surface area contributed by atoms with E-state index in [-0.39, 0.29) is 5.75 Å². The van der Waals surface area contributed by atoms with E-state index >= 15 is 0 Å². The molecule has 0 aliphatic heterocycles. The summed E-state index contributed by atoms with van der Waals surface area (Å²) in [6.45, 7) is 1.89. The number of benzene rings is 2. The first-order valence-electron chi connectivity index (χ1n) is 6.16. The monoisotopic (exact) mass is 444 g/mol. The average Bonchev–Trinajstić information content (AvgIpc) is 2.44. The Kier molecular flexibility index (Phi) is 5.61. The van der Waals surface area contributed by atoms with Gasteiger partial charge in [0.1, 0.15) is 5.75 Å². The second kappa shape index (κ2) is 7.26. The van der Waals surface area contributed by atoms with E-state index in [1.54, 1.807) is 24.3 Å². The molecule has 7 heteroatoms. The molecule has 2 N–H and O–H groups in total. The van der Waals surface area contributed by atoms with E-state index in [0.717, 1.165) is 10.0 Å². The molecule has 4 nitrogen and oxygen atoms in total. The van der Waals surface area contributed by atoms with Gasteiger partial charge in [-0.1, -0.05) is 33.6 Å². The number of carbonyl (C=O) groups excluding carboxylic acids is 1. The van der Waals surface area contributed by atoms with Gasteiger partial charge in [-0.15, -0.1) is 0 Å². The van der Waals surface area contributed by atoms with Gasteiger partial charge in [-0.3, -0.25) is 4.79 Å². The predicted molar refractivity (Wildman–Crippen MR) is 94.8 cm³/mol. The SMILES string of the molecule is Cc1ccc(C(=O)N/N=C/c2cc(O)c(Br)cc2Br)c(Cl)c1. The first-order valence-corrected chi connectivity index (χ1v) is 8.12. The molecule has 2 aromatic rings. The van der Waals surface area contributed by atoms with Crippen LogP contribution < -0.4 is 5.43 Å². The second-order valence-corrected chi connectivity index (χ2v) is 6.62. The highest BCUT2D eigenvalue weighted by molar-refractivity contribution is 9.11. The lowest BCUT2D eigenvalue weighted by Crippen LogP contribution is -2.18. The van der Waals surface area contributed by atoms with Crippen LogP contribution in [0.1, 0.15) is 21.5 Å². The Balaban J connectivity index is 2.12. The molecule has 0 unspecified atom stereocenters. The number of phenols is 1. The molecule has 0 radical (unpaired) electrons. The van der Waals surface area contributed by atoms with Crippen LogP contribution in [0, 0.1) is 6.92 Å². The Morgan fingerprint density at radius 3 is 2.68 bits per heavy atom. The Morgan fingerprint density at radius 2 is 2.00 bits per heavy atom. The zero-order chi connectivity index (χ0) is 16.3. The number of aryl methyl sites for hydroxylation is 1. The van der Waals surface area contributed by atoms with Crippen LogP contribution in [-0.4, -0.2) is 17.2 Å². The lowest BCUT2D eigenvalue weighted by atomic mass is 10.1. The molecule has 0 aromatic heterocycles. The largest absolute Gasteiger partial charge is 0.507 e. The molecular formula is C15H11Br2ClN2O2. The Morgan fingerprint density at radius 1 is 1.27 bits per heavy atom. The van der Waals surface area contributed by atoms with Crippen molar-refractivity contribution in [2.75, 3.05) is 0 Å². The molecule has 114 valence electrons. The number of nitrogens with zero attached hydrogens (tertiary/aromatic N) is 1. The van der Waals surface area contributed by atoms with E-state index in [2.05, 4.69) is 42.4 Å². The van der Waals surface area contributed by atoms with E-state index < -0.39 is 5.91 Å². The minimum absolute atomic E-state index is 0.0811. The summed E-state index contributed by atoms with van der Waals surface area (Å²) in [6.07, 6.45) is 1.43. The number of rotatable bonds is 3. The number of aromatic hydroxyl groups is 1. The molecule has 0 aliphatic rings. The topological polar surface area (TPSA) is 61.7 Å². The van der Waals surface area contributed by atoms with E-state index in [4.69, 9.17) is 11.6 Å². The van der Waals surface area contributed by atoms with Crippen molar-refractivity contribution in [3.8, 4) is 5.75 Å². The molecule has 22 heavy (non-hydrogen) atoms. The highest BCUT2D eigenvalue weighted by atomic mass is 79.9. The zero-order valence-electron chi connectivity index (χ0n) is 11.4. The van der Waals surface area contributed by atoms with Crippen molar-refractivity contribution >= 4 is 55.6 Å². The maximum atomic E-state index is 12.0. The fourth-order valence-corrected chi connectivity index (χ4v) is 3.09. The number of hydrogen-bond acceptors (Lipinski definition) is 3. The first kappa shape index (κ1) is 17.0. The van der Waals surface area contributed by atoms with E-state index in [1.165, 1.54) is 12.3 Å². The molecule has 0 saturated heterocycles. The molecule has 0 atom stereocenters. The van der Waals surface area contributed by atoms with Crippen molar-refractivity contribution in [1.82, 2.24) is 5.43 Å². The van der Waals surface area contributed by atoms with Gasteiger partial charge >= 0.3 is 0 Å². The fraction of sp³-hybridized carbons (Fsp3) is 0.0667. The van der Waals surface area contributed by atoms with Crippen molar-refractivity contribution in [1.29, 1.82) is 0 Å². The predicted octanol–water partition coefficient (Wildman–Crippen LogP) is 4.64. The second-order valence-electron chi connectivity index (χ2n) is 4.51. The molecule has 2 aromatic carbocycles. The highest BCUT2D eigenvalue weighted by Gasteiger charge is 2.09. The van der Waals surface area contributed by atoms with Gasteiger partial charge in [0.15, 0.2) is 0 Å². The smallest absolute Gasteiger partial charge is 0.272 e. The quantitative estimate of drug-likeness (QED) is 0.533. The number of nitrogens with one attached hydrogen (secondary N) is 1. The first-order chi connectivity index (χ1) is 10.4. The van der Waals surface area contributed by atoms with E-state index in [9.17, 15) is 9.90 Å². The molecule has 2 rings (SSSR count). The highest BCUT2D eigenvalue weighted by Crippen LogP contribution is 2.29. The lowest BCUT2D eigenvalue weighted by Gasteiger charge is -2.04. The molecule has 0 bridgehead atoms. The summed E-state index contributed by atoms with van der Waals surface area (Å²) >= 11 is 12.6. The van der Waals surface area contributed by atoms with Gasteiger partial charge in [-0.2, -0.15) is 5.10 Å². The standard InChI is InChI=1S/C15H11Br2ClN2O2/c1-8-2-3-10(13(18)4-8)15(22)20-19-7-9-5-14(21)12(17)6-11(9)16/h2-7,21H,1H3,(H,20,22)/b19-7+. The van der Waals surface area contributed by atoms with Crippen molar-refractivity contribution in [3.05, 3.63) is 61.0 Å². The van der Waals surface area contributed by atoms with Crippen LogP contribution in [0.2, 0.25) is 5.02 Å². The van der Waals surface area contributed by atoms with Crippen LogP contribution in [0.4, 0.5) is 0 Å². The van der Waals surface area contributed by atoms with Gasteiger partial charge in [0.05, 0.1) is 21.3 Å². The van der Waals surface area contributed by atoms with Gasteiger partial charge in [-0.25, -0.2) is 5.43 Å². The van der Waals surface area contributed by atoms with Crippen LogP contribution >= 0.6 is 43.5 Å². The number of hydrazone groups is 1. The number of hydrogen-bond donors (Lipinski definition) is 2. The van der Waals surface area contributed by atoms with Crippen LogP contribution in [0.15, 0.2) is 44.4 Å². The van der Waals surface area contributed by atoms with Crippen molar-refractivity contribution in [2.24, 2.45) is 5.10 Å². The Bertz CT molecular complexity index is 763. The minimum Gasteiger partial charge on any atom is -0.507 e. The average molecular weight is 447 g/mol. The number of phenolic OH excluding ortho intramolecular Hbond substituents is 1. The van der Waals surface area contributed by atoms with Gasteiger partial charge in [-0.05, 0) is 52.7 Å². The summed E-state index contributed by atoms with van der Waals surface area (Å²) < 4.78 is 1.29. The number of amides is 1. The molecule has 0 aliphatic carbocycles. The summed E-state index contributed by atoms with van der Waals surface area (Å²) in [6, 6.07) is 8.36. The van der Waals surface area contributed by atoms with Crippen molar-refractivity contribution < 1.29 is 9.90 Å². The van der Waals surface area contributed by atoms with Gasteiger partial charge in [0.2, 0.25) is 0 Å². The maximum absolute atomic E-state index is 12.0. The Labute approximate surface area is 149 Å². The van der Waals surface area contributed by atoms with Crippen molar-refractivity contribution in [3.63, 3.8) is 0 Å². The third kappa shape index (κ3) is 4.09. The summed E-state index contributed by atoms with van der Waals surface area (Å²) in [5, 5.41) is 13.9. The third-order valence-corrected chi connectivity index (χ3v) is 4.44. The fourth-order valence-electron chi connectivity index (χ4n) is 1.68.